The monoisotopic (exact) mass is 586 g/mol. The summed E-state index contributed by atoms with van der Waals surface area (Å²) in [7, 11) is -4.55. The Bertz CT molecular complexity index is 1660. The molecule has 0 saturated heterocycles. The van der Waals surface area contributed by atoms with Crippen LogP contribution in [0.4, 0.5) is 13.2 Å². The zero-order chi connectivity index (χ0) is 28.0. The number of halogens is 5. The van der Waals surface area contributed by atoms with Gasteiger partial charge in [0.05, 0.1) is 38.3 Å². The van der Waals surface area contributed by atoms with Crippen molar-refractivity contribution in [3.05, 3.63) is 92.9 Å². The zero-order valence-electron chi connectivity index (χ0n) is 19.8. The third-order valence-electron chi connectivity index (χ3n) is 5.75. The highest BCUT2D eigenvalue weighted by molar-refractivity contribution is 7.90. The summed E-state index contributed by atoms with van der Waals surface area (Å²) in [4.78, 5) is 15.9. The molecule has 0 aliphatic carbocycles. The van der Waals surface area contributed by atoms with Crippen LogP contribution in [0.2, 0.25) is 10.0 Å². The van der Waals surface area contributed by atoms with Crippen molar-refractivity contribution in [1.82, 2.24) is 8.96 Å². The van der Waals surface area contributed by atoms with Crippen molar-refractivity contribution in [3.63, 3.8) is 0 Å². The van der Waals surface area contributed by atoms with Gasteiger partial charge in [-0.05, 0) is 49.7 Å². The van der Waals surface area contributed by atoms with Crippen LogP contribution in [0.15, 0.2) is 59.6 Å². The van der Waals surface area contributed by atoms with Crippen LogP contribution in [0.1, 0.15) is 45.9 Å². The van der Waals surface area contributed by atoms with Gasteiger partial charge in [-0.15, -0.1) is 0 Å². The topological polar surface area (TPSA) is 98.5 Å². The van der Waals surface area contributed by atoms with Crippen LogP contribution < -0.4 is 0 Å². The smallest absolute Gasteiger partial charge is 0.416 e. The van der Waals surface area contributed by atoms with Gasteiger partial charge in [-0.25, -0.2) is 22.2 Å². The van der Waals surface area contributed by atoms with Crippen LogP contribution in [-0.4, -0.2) is 35.1 Å². The first kappa shape index (κ1) is 27.9. The Balaban J connectivity index is 2.07. The van der Waals surface area contributed by atoms with E-state index >= 15 is 0 Å². The highest BCUT2D eigenvalue weighted by Gasteiger charge is 2.35. The number of benzene rings is 2. The number of aryl methyl sites for hydroxylation is 1. The molecule has 0 bridgehead atoms. The van der Waals surface area contributed by atoms with Crippen LogP contribution in [0.3, 0.4) is 0 Å². The molecule has 4 rings (SSSR count). The predicted molar refractivity (Wildman–Crippen MR) is 135 cm³/mol. The fraction of sp³-hybridized carbons (Fsp3) is 0.200. The van der Waals surface area contributed by atoms with Gasteiger partial charge in [0.15, 0.2) is 5.69 Å². The first-order chi connectivity index (χ1) is 17.8. The number of alkyl halides is 3. The fourth-order valence-corrected chi connectivity index (χ4v) is 6.20. The largest absolute Gasteiger partial charge is 0.461 e. The Kier molecular flexibility index (Phi) is 7.50. The molecule has 2 aromatic carbocycles. The van der Waals surface area contributed by atoms with E-state index in [0.717, 1.165) is 12.3 Å². The maximum atomic E-state index is 13.8. The average Bonchev–Trinajstić information content (AvgIpc) is 3.25. The zero-order valence-corrected chi connectivity index (χ0v) is 22.1. The molecule has 0 spiro atoms. The number of rotatable bonds is 6. The first-order valence-corrected chi connectivity index (χ1v) is 13.2. The number of fused-ring (bicyclic) bond motifs is 1. The SMILES string of the molecule is CCOC(=O)c1ncc(Cl)c(C(O)c2cc3c(C)cc(C(F)(F)F)cc3n2S(=O)(=O)c2ccccc2)c1Cl. The number of carbonyl (C=O) groups excluding carboxylic acids is 1. The summed E-state index contributed by atoms with van der Waals surface area (Å²) in [5.74, 6) is -0.911. The molecule has 0 aliphatic heterocycles. The van der Waals surface area contributed by atoms with Crippen molar-refractivity contribution in [1.29, 1.82) is 0 Å². The molecule has 1 atom stereocenters. The molecule has 4 aromatic rings. The first-order valence-electron chi connectivity index (χ1n) is 11.0. The van der Waals surface area contributed by atoms with Crippen LogP contribution >= 0.6 is 23.2 Å². The van der Waals surface area contributed by atoms with E-state index in [9.17, 15) is 31.5 Å². The number of hydrogen-bond donors (Lipinski definition) is 1. The van der Waals surface area contributed by atoms with E-state index in [0.29, 0.717) is 10.0 Å². The molecular weight excluding hydrogens is 568 g/mol. The number of aliphatic hydroxyl groups excluding tert-OH is 1. The molecular formula is C25H19Cl2F3N2O5S. The fourth-order valence-electron chi connectivity index (χ4n) is 4.02. The van der Waals surface area contributed by atoms with Crippen molar-refractivity contribution in [2.24, 2.45) is 0 Å². The Morgan fingerprint density at radius 3 is 2.42 bits per heavy atom. The van der Waals surface area contributed by atoms with E-state index < -0.39 is 38.9 Å². The molecule has 0 radical (unpaired) electrons. The molecule has 0 aliphatic rings. The number of hydrogen-bond acceptors (Lipinski definition) is 6. The number of ether oxygens (including phenoxy) is 1. The summed E-state index contributed by atoms with van der Waals surface area (Å²) in [5, 5.41) is 11.0. The minimum atomic E-state index is -4.77. The van der Waals surface area contributed by atoms with E-state index in [1.165, 1.54) is 37.3 Å². The number of esters is 1. The van der Waals surface area contributed by atoms with Gasteiger partial charge in [-0.1, -0.05) is 41.4 Å². The molecule has 2 heterocycles. The summed E-state index contributed by atoms with van der Waals surface area (Å²) in [6.07, 6.45) is -5.63. The molecule has 0 saturated carbocycles. The Morgan fingerprint density at radius 1 is 1.16 bits per heavy atom. The van der Waals surface area contributed by atoms with Crippen molar-refractivity contribution in [2.45, 2.75) is 31.0 Å². The summed E-state index contributed by atoms with van der Waals surface area (Å²) in [5.41, 5.74) is -2.28. The summed E-state index contributed by atoms with van der Waals surface area (Å²) in [6, 6.07) is 9.82. The Morgan fingerprint density at radius 2 is 1.82 bits per heavy atom. The number of nitrogens with zero attached hydrogens (tertiary/aromatic N) is 2. The number of aliphatic hydroxyl groups is 1. The van der Waals surface area contributed by atoms with E-state index in [4.69, 9.17) is 27.9 Å². The predicted octanol–water partition coefficient (Wildman–Crippen LogP) is 6.17. The van der Waals surface area contributed by atoms with Gasteiger partial charge in [0.2, 0.25) is 0 Å². The second kappa shape index (κ2) is 10.2. The maximum absolute atomic E-state index is 13.8. The van der Waals surface area contributed by atoms with E-state index in [2.05, 4.69) is 4.98 Å². The minimum absolute atomic E-state index is 0.00172. The number of aromatic nitrogens is 2. The molecule has 0 amide bonds. The lowest BCUT2D eigenvalue weighted by molar-refractivity contribution is -0.137. The van der Waals surface area contributed by atoms with E-state index in [1.807, 2.05) is 0 Å². The lowest BCUT2D eigenvalue weighted by atomic mass is 10.0. The molecule has 2 aromatic heterocycles. The van der Waals surface area contributed by atoms with E-state index in [-0.39, 0.29) is 49.9 Å². The van der Waals surface area contributed by atoms with Crippen LogP contribution in [-0.2, 0) is 20.9 Å². The molecule has 1 unspecified atom stereocenters. The molecule has 38 heavy (non-hydrogen) atoms. The van der Waals surface area contributed by atoms with Gasteiger partial charge in [-0.3, -0.25) is 0 Å². The van der Waals surface area contributed by atoms with E-state index in [1.54, 1.807) is 13.0 Å². The Labute approximate surface area is 225 Å². The van der Waals surface area contributed by atoms with Gasteiger partial charge in [0.1, 0.15) is 6.10 Å². The summed E-state index contributed by atoms with van der Waals surface area (Å²) in [6.45, 7) is 2.95. The van der Waals surface area contributed by atoms with Gasteiger partial charge < -0.3 is 9.84 Å². The molecule has 1 N–H and O–H groups in total. The Hall–Kier alpha value is -3.12. The van der Waals surface area contributed by atoms with Crippen LogP contribution in [0.25, 0.3) is 10.9 Å². The summed E-state index contributed by atoms with van der Waals surface area (Å²) < 4.78 is 74.1. The summed E-state index contributed by atoms with van der Waals surface area (Å²) >= 11 is 12.6. The van der Waals surface area contributed by atoms with Crippen molar-refractivity contribution in [2.75, 3.05) is 6.61 Å². The molecule has 13 heteroatoms. The molecule has 7 nitrogen and oxygen atoms in total. The highest BCUT2D eigenvalue weighted by atomic mass is 35.5. The number of pyridine rings is 1. The van der Waals surface area contributed by atoms with Crippen molar-refractivity contribution >= 4 is 50.1 Å². The standard InChI is InChI=1S/C25H19Cl2F3N2O5S/c1-3-37-24(34)22-21(27)20(17(26)12-31-22)23(33)19-11-16-13(2)9-14(25(28,29)30)10-18(16)32(19)38(35,36)15-7-5-4-6-8-15/h4-12,23,33H,3H2,1-2H3. The molecule has 0 fully saturated rings. The average molecular weight is 587 g/mol. The maximum Gasteiger partial charge on any atom is 0.416 e. The second-order valence-electron chi connectivity index (χ2n) is 8.18. The van der Waals surface area contributed by atoms with Gasteiger partial charge in [0, 0.05) is 17.1 Å². The quantitative estimate of drug-likeness (QED) is 0.271. The third kappa shape index (κ3) is 4.86. The lowest BCUT2D eigenvalue weighted by Gasteiger charge is -2.19. The van der Waals surface area contributed by atoms with Gasteiger partial charge in [-0.2, -0.15) is 13.2 Å². The lowest BCUT2D eigenvalue weighted by Crippen LogP contribution is -2.19. The van der Waals surface area contributed by atoms with Crippen LogP contribution in [0.5, 0.6) is 0 Å². The third-order valence-corrected chi connectivity index (χ3v) is 8.19. The number of carbonyl (C=O) groups is 1. The van der Waals surface area contributed by atoms with Crippen LogP contribution in [0, 0.1) is 6.92 Å². The second-order valence-corrected chi connectivity index (χ2v) is 10.8. The van der Waals surface area contributed by atoms with Gasteiger partial charge in [0.25, 0.3) is 10.0 Å². The van der Waals surface area contributed by atoms with Gasteiger partial charge >= 0.3 is 12.1 Å². The van der Waals surface area contributed by atoms with Crippen molar-refractivity contribution < 1.29 is 36.2 Å². The molecule has 200 valence electrons. The highest BCUT2D eigenvalue weighted by Crippen LogP contribution is 2.41. The normalized spacial score (nSPS) is 13.1. The van der Waals surface area contributed by atoms with Crippen molar-refractivity contribution in [3.8, 4) is 0 Å². The minimum Gasteiger partial charge on any atom is -0.461 e.